The van der Waals surface area contributed by atoms with Crippen LogP contribution in [0.2, 0.25) is 0 Å². The summed E-state index contributed by atoms with van der Waals surface area (Å²) in [5.74, 6) is -1.50. The molecule has 0 bridgehead atoms. The second-order valence-electron chi connectivity index (χ2n) is 8.70. The maximum absolute atomic E-state index is 13.8. The van der Waals surface area contributed by atoms with Crippen LogP contribution in [0.25, 0.3) is 6.08 Å². The monoisotopic (exact) mass is 592 g/mol. The van der Waals surface area contributed by atoms with E-state index in [1.807, 2.05) is 36.4 Å². The Kier molecular flexibility index (Phi) is 6.71. The molecule has 1 N–H and O–H groups in total. The van der Waals surface area contributed by atoms with Crippen molar-refractivity contribution in [3.8, 4) is 0 Å². The molecule has 5 nitrogen and oxygen atoms in total. The number of carbonyl (C=O) groups excluding carboxylic acids is 1. The van der Waals surface area contributed by atoms with Crippen LogP contribution >= 0.6 is 31.9 Å². The lowest BCUT2D eigenvalue weighted by molar-refractivity contribution is 0.0646. The lowest BCUT2D eigenvalue weighted by atomic mass is 9.77. The second kappa shape index (κ2) is 9.91. The average Bonchev–Trinajstić information content (AvgIpc) is 3.26. The van der Waals surface area contributed by atoms with E-state index in [4.69, 9.17) is 5.10 Å². The molecule has 35 heavy (non-hydrogen) atoms. The van der Waals surface area contributed by atoms with Crippen LogP contribution in [0.5, 0.6) is 0 Å². The van der Waals surface area contributed by atoms with Crippen LogP contribution in [0.4, 0.5) is 0 Å². The number of fused-ring (bicyclic) bond motifs is 1. The van der Waals surface area contributed by atoms with E-state index in [0.717, 1.165) is 50.6 Å². The molecule has 3 aromatic carbocycles. The first-order chi connectivity index (χ1) is 16.9. The van der Waals surface area contributed by atoms with Gasteiger partial charge in [0, 0.05) is 14.9 Å². The summed E-state index contributed by atoms with van der Waals surface area (Å²) < 4.78 is 1.97. The fourth-order valence-corrected chi connectivity index (χ4v) is 5.43. The van der Waals surface area contributed by atoms with E-state index in [0.29, 0.717) is 0 Å². The molecule has 1 fully saturated rings. The van der Waals surface area contributed by atoms with Gasteiger partial charge >= 0.3 is 5.97 Å². The minimum atomic E-state index is -1.13. The molecule has 3 aromatic rings. The summed E-state index contributed by atoms with van der Waals surface area (Å²) in [6, 6.07) is 22.1. The lowest BCUT2D eigenvalue weighted by Gasteiger charge is -2.30. The van der Waals surface area contributed by atoms with Crippen LogP contribution in [0.1, 0.15) is 57.1 Å². The second-order valence-corrected chi connectivity index (χ2v) is 10.5. The average molecular weight is 594 g/mol. The summed E-state index contributed by atoms with van der Waals surface area (Å²) in [7, 11) is 0. The molecule has 0 unspecified atom stereocenters. The fourth-order valence-electron chi connectivity index (χ4n) is 4.90. The van der Waals surface area contributed by atoms with Crippen LogP contribution < -0.4 is 0 Å². The number of aromatic carboxylic acids is 1. The Morgan fingerprint density at radius 2 is 1.54 bits per heavy atom. The zero-order valence-corrected chi connectivity index (χ0v) is 21.9. The van der Waals surface area contributed by atoms with Crippen LogP contribution in [-0.2, 0) is 0 Å². The first kappa shape index (κ1) is 23.7. The van der Waals surface area contributed by atoms with Gasteiger partial charge < -0.3 is 5.11 Å². The molecule has 0 saturated heterocycles. The molecule has 1 saturated carbocycles. The topological polar surface area (TPSA) is 70.0 Å². The highest BCUT2D eigenvalue weighted by atomic mass is 79.9. The van der Waals surface area contributed by atoms with Crippen molar-refractivity contribution >= 4 is 55.5 Å². The Bertz CT molecular complexity index is 1350. The van der Waals surface area contributed by atoms with Crippen molar-refractivity contribution in [2.45, 2.75) is 25.3 Å². The Morgan fingerprint density at radius 3 is 2.20 bits per heavy atom. The first-order valence-corrected chi connectivity index (χ1v) is 13.0. The number of nitrogens with zero attached hydrogens (tertiary/aromatic N) is 2. The van der Waals surface area contributed by atoms with Crippen molar-refractivity contribution in [3.63, 3.8) is 0 Å². The van der Waals surface area contributed by atoms with Crippen molar-refractivity contribution < 1.29 is 14.7 Å². The maximum atomic E-state index is 13.8. The van der Waals surface area contributed by atoms with E-state index in [-0.39, 0.29) is 23.1 Å². The number of benzene rings is 3. The number of rotatable bonds is 4. The summed E-state index contributed by atoms with van der Waals surface area (Å²) in [4.78, 5) is 25.6. The molecule has 0 aromatic heterocycles. The fraction of sp³-hybridized carbons (Fsp3) is 0.179. The Labute approximate surface area is 220 Å². The molecule has 2 aliphatic rings. The highest BCUT2D eigenvalue weighted by Gasteiger charge is 2.44. The van der Waals surface area contributed by atoms with Crippen molar-refractivity contribution in [3.05, 3.63) is 110 Å². The van der Waals surface area contributed by atoms with Gasteiger partial charge in [-0.15, -0.1) is 0 Å². The van der Waals surface area contributed by atoms with Gasteiger partial charge in [0.2, 0.25) is 0 Å². The largest absolute Gasteiger partial charge is 0.478 e. The minimum absolute atomic E-state index is 0.0206. The summed E-state index contributed by atoms with van der Waals surface area (Å²) in [6.45, 7) is 0. The molecular weight excluding hydrogens is 572 g/mol. The molecule has 2 atom stereocenters. The number of hydrogen-bond donors (Lipinski definition) is 1. The predicted molar refractivity (Wildman–Crippen MR) is 143 cm³/mol. The van der Waals surface area contributed by atoms with Crippen molar-refractivity contribution in [1.29, 1.82) is 0 Å². The summed E-state index contributed by atoms with van der Waals surface area (Å²) in [5, 5.41) is 16.1. The summed E-state index contributed by atoms with van der Waals surface area (Å²) in [5.41, 5.74) is 4.20. The summed E-state index contributed by atoms with van der Waals surface area (Å²) >= 11 is 6.98. The van der Waals surface area contributed by atoms with E-state index >= 15 is 0 Å². The summed E-state index contributed by atoms with van der Waals surface area (Å²) in [6.07, 6.45) is 4.93. The van der Waals surface area contributed by atoms with E-state index in [1.54, 1.807) is 18.2 Å². The van der Waals surface area contributed by atoms with Gasteiger partial charge in [-0.1, -0.05) is 68.3 Å². The number of halogens is 2. The molecule has 7 heteroatoms. The number of hydrogen-bond acceptors (Lipinski definition) is 3. The number of amides is 1. The Balaban J connectivity index is 1.60. The molecule has 1 amide bonds. The molecule has 1 aliphatic carbocycles. The van der Waals surface area contributed by atoms with Gasteiger partial charge in [-0.25, -0.2) is 9.80 Å². The van der Waals surface area contributed by atoms with Crippen molar-refractivity contribution in [1.82, 2.24) is 5.01 Å². The number of carboxylic acid groups (broad SMARTS) is 1. The van der Waals surface area contributed by atoms with Gasteiger partial charge in [-0.2, -0.15) is 5.10 Å². The van der Waals surface area contributed by atoms with Crippen LogP contribution in [0.15, 0.2) is 92.4 Å². The van der Waals surface area contributed by atoms with Gasteiger partial charge in [-0.3, -0.25) is 4.79 Å². The minimum Gasteiger partial charge on any atom is -0.478 e. The van der Waals surface area contributed by atoms with Crippen LogP contribution in [0.3, 0.4) is 0 Å². The van der Waals surface area contributed by atoms with E-state index in [1.165, 1.54) is 11.1 Å². The Morgan fingerprint density at radius 1 is 0.914 bits per heavy atom. The molecule has 0 radical (unpaired) electrons. The number of allylic oxidation sites excluding steroid dienone is 1. The van der Waals surface area contributed by atoms with Gasteiger partial charge in [0.15, 0.2) is 0 Å². The molecule has 5 rings (SSSR count). The molecule has 176 valence electrons. The highest BCUT2D eigenvalue weighted by molar-refractivity contribution is 9.10. The number of carbonyl (C=O) groups is 2. The highest BCUT2D eigenvalue weighted by Crippen LogP contribution is 2.45. The van der Waals surface area contributed by atoms with Crippen LogP contribution in [0, 0.1) is 5.92 Å². The van der Waals surface area contributed by atoms with E-state index in [9.17, 15) is 14.7 Å². The van der Waals surface area contributed by atoms with Gasteiger partial charge in [0.05, 0.1) is 22.9 Å². The lowest BCUT2D eigenvalue weighted by Crippen LogP contribution is -2.32. The number of carboxylic acids is 1. The Hall–Kier alpha value is -3.03. The third kappa shape index (κ3) is 4.75. The zero-order chi connectivity index (χ0) is 24.5. The standard InChI is InChI=1S/C28H22Br2N2O3/c29-20-12-8-17(9-13-20)16-19-4-3-7-24-25(19)31-32(26(24)18-10-14-21(30)15-11-18)27(33)22-5-1-2-6-23(22)28(34)35/h1-2,5-6,8-16,24,26H,3-4,7H2,(H,34,35)/b19-16+/t24-,26-/m0/s1. The third-order valence-electron chi connectivity index (χ3n) is 6.52. The SMILES string of the molecule is O=C(O)c1ccccc1C(=O)N1N=C2/C(=C/c3ccc(Br)cc3)CCC[C@@H]2[C@@H]1c1ccc(Br)cc1. The quantitative estimate of drug-likeness (QED) is 0.344. The normalized spacial score (nSPS) is 20.5. The van der Waals surface area contributed by atoms with Gasteiger partial charge in [0.25, 0.3) is 5.91 Å². The van der Waals surface area contributed by atoms with Crippen molar-refractivity contribution in [2.24, 2.45) is 11.0 Å². The molecule has 0 spiro atoms. The first-order valence-electron chi connectivity index (χ1n) is 11.4. The maximum Gasteiger partial charge on any atom is 0.336 e. The van der Waals surface area contributed by atoms with E-state index < -0.39 is 11.9 Å². The van der Waals surface area contributed by atoms with Crippen molar-refractivity contribution in [2.75, 3.05) is 0 Å². The molecule has 1 heterocycles. The van der Waals surface area contributed by atoms with Crippen LogP contribution in [-0.4, -0.2) is 27.7 Å². The smallest absolute Gasteiger partial charge is 0.336 e. The van der Waals surface area contributed by atoms with E-state index in [2.05, 4.69) is 50.1 Å². The zero-order valence-electron chi connectivity index (χ0n) is 18.7. The molecule has 1 aliphatic heterocycles. The third-order valence-corrected chi connectivity index (χ3v) is 7.58. The van der Waals surface area contributed by atoms with Gasteiger partial charge in [-0.05, 0) is 78.4 Å². The predicted octanol–water partition coefficient (Wildman–Crippen LogP) is 7.35. The molecular formula is C28H22Br2N2O3. The van der Waals surface area contributed by atoms with Gasteiger partial charge in [0.1, 0.15) is 0 Å². The number of hydrazone groups is 1.